The minimum Gasteiger partial charge on any atom is -0.390 e. The first kappa shape index (κ1) is 10.9. The van der Waals surface area contributed by atoms with Crippen LogP contribution in [0.3, 0.4) is 0 Å². The number of ether oxygens (including phenoxy) is 4. The van der Waals surface area contributed by atoms with Crippen molar-refractivity contribution in [2.75, 3.05) is 0 Å². The normalized spacial score (nSPS) is 52.3. The van der Waals surface area contributed by atoms with Crippen molar-refractivity contribution in [1.29, 1.82) is 0 Å². The molecule has 5 heteroatoms. The number of rotatable bonds is 2. The smallest absolute Gasteiger partial charge is 0.390 e. The van der Waals surface area contributed by atoms with Crippen LogP contribution in [-0.4, -0.2) is 36.4 Å². The summed E-state index contributed by atoms with van der Waals surface area (Å²) in [4.78, 5) is 11.1. The molecule has 0 radical (unpaired) electrons. The fourth-order valence-electron chi connectivity index (χ4n) is 4.44. The van der Waals surface area contributed by atoms with Crippen LogP contribution in [0, 0.1) is 11.8 Å². The first-order chi connectivity index (χ1) is 9.23. The minimum atomic E-state index is -0.657. The second-order valence-electron chi connectivity index (χ2n) is 6.68. The lowest BCUT2D eigenvalue weighted by Gasteiger charge is -2.47. The molecule has 2 aliphatic carbocycles. The fraction of sp³-hybridized carbons (Fsp3) is 0.929. The predicted octanol–water partition coefficient (Wildman–Crippen LogP) is 1.98. The van der Waals surface area contributed by atoms with E-state index in [4.69, 9.17) is 18.9 Å². The van der Waals surface area contributed by atoms with Crippen molar-refractivity contribution < 1.29 is 23.7 Å². The molecule has 3 aliphatic heterocycles. The standard InChI is InChI=1S/C14H18O5/c15-13-18-14(19-13)4-3-10-12(17-10)8(14)5-7-1-2-9-11(6-7)16-9/h7-12H,1-6H2. The molecule has 0 aromatic rings. The summed E-state index contributed by atoms with van der Waals surface area (Å²) in [5, 5.41) is 0. The molecule has 0 N–H and O–H groups in total. The van der Waals surface area contributed by atoms with Crippen LogP contribution >= 0.6 is 0 Å². The average Bonchev–Trinajstić information content (AvgIpc) is 3.22. The molecule has 3 heterocycles. The highest BCUT2D eigenvalue weighted by Gasteiger charge is 2.66. The molecular weight excluding hydrogens is 248 g/mol. The van der Waals surface area contributed by atoms with Gasteiger partial charge in [0.15, 0.2) is 0 Å². The zero-order valence-electron chi connectivity index (χ0n) is 10.7. The predicted molar refractivity (Wildman–Crippen MR) is 62.3 cm³/mol. The van der Waals surface area contributed by atoms with Crippen molar-refractivity contribution >= 4 is 6.16 Å². The maximum absolute atomic E-state index is 11.1. The van der Waals surface area contributed by atoms with Gasteiger partial charge < -0.3 is 18.9 Å². The van der Waals surface area contributed by atoms with Gasteiger partial charge in [-0.15, -0.1) is 0 Å². The van der Waals surface area contributed by atoms with Crippen molar-refractivity contribution in [3.63, 3.8) is 0 Å². The molecule has 6 atom stereocenters. The van der Waals surface area contributed by atoms with Gasteiger partial charge in [0.05, 0.1) is 30.3 Å². The van der Waals surface area contributed by atoms with Crippen LogP contribution in [0.5, 0.6) is 0 Å². The van der Waals surface area contributed by atoms with E-state index in [-0.39, 0.29) is 12.0 Å². The molecule has 104 valence electrons. The third-order valence-electron chi connectivity index (χ3n) is 5.57. The summed E-state index contributed by atoms with van der Waals surface area (Å²) in [5.41, 5.74) is 0. The monoisotopic (exact) mass is 266 g/mol. The molecule has 5 aliphatic rings. The number of epoxide rings is 2. The van der Waals surface area contributed by atoms with Gasteiger partial charge in [0.1, 0.15) is 0 Å². The Balaban J connectivity index is 1.32. The van der Waals surface area contributed by atoms with Crippen LogP contribution < -0.4 is 0 Å². The minimum absolute atomic E-state index is 0.226. The van der Waals surface area contributed by atoms with Gasteiger partial charge >= 0.3 is 6.16 Å². The van der Waals surface area contributed by atoms with Crippen LogP contribution in [0.15, 0.2) is 0 Å². The molecule has 0 amide bonds. The number of carbonyl (C=O) groups is 1. The van der Waals surface area contributed by atoms with Gasteiger partial charge in [0.25, 0.3) is 5.79 Å². The van der Waals surface area contributed by atoms with E-state index in [1.54, 1.807) is 0 Å². The Morgan fingerprint density at radius 1 is 1.05 bits per heavy atom. The summed E-state index contributed by atoms with van der Waals surface area (Å²) >= 11 is 0. The first-order valence-electron chi connectivity index (χ1n) is 7.46. The van der Waals surface area contributed by atoms with Crippen LogP contribution in [0.1, 0.15) is 38.5 Å². The van der Waals surface area contributed by atoms with E-state index in [2.05, 4.69) is 0 Å². The third-order valence-corrected chi connectivity index (χ3v) is 5.57. The van der Waals surface area contributed by atoms with Gasteiger partial charge in [0.2, 0.25) is 0 Å². The number of hydrogen-bond donors (Lipinski definition) is 0. The van der Waals surface area contributed by atoms with Crippen molar-refractivity contribution in [2.45, 2.75) is 68.7 Å². The molecule has 19 heavy (non-hydrogen) atoms. The molecule has 0 aromatic carbocycles. The Bertz CT molecular complexity index is 428. The molecule has 3 saturated heterocycles. The maximum atomic E-state index is 11.1. The fourth-order valence-corrected chi connectivity index (χ4v) is 4.44. The van der Waals surface area contributed by atoms with E-state index in [1.807, 2.05) is 0 Å². The summed E-state index contributed by atoms with van der Waals surface area (Å²) in [6.45, 7) is 0. The summed E-state index contributed by atoms with van der Waals surface area (Å²) in [5.74, 6) is 0.233. The number of hydrogen-bond acceptors (Lipinski definition) is 5. The van der Waals surface area contributed by atoms with Crippen LogP contribution in [0.4, 0.5) is 4.79 Å². The quantitative estimate of drug-likeness (QED) is 0.565. The lowest BCUT2D eigenvalue weighted by Crippen LogP contribution is -2.59. The lowest BCUT2D eigenvalue weighted by molar-refractivity contribution is -0.309. The lowest BCUT2D eigenvalue weighted by atomic mass is 9.74. The molecule has 5 rings (SSSR count). The molecule has 5 nitrogen and oxygen atoms in total. The summed E-state index contributed by atoms with van der Waals surface area (Å²) in [7, 11) is 0. The Hall–Kier alpha value is -0.810. The summed E-state index contributed by atoms with van der Waals surface area (Å²) < 4.78 is 22.1. The van der Waals surface area contributed by atoms with Crippen molar-refractivity contribution in [2.24, 2.45) is 11.8 Å². The SMILES string of the molecule is O=C1OC2(CCC3OC3C2CC2CCC3OC3C2)O1. The molecule has 0 bridgehead atoms. The molecule has 6 unspecified atom stereocenters. The van der Waals surface area contributed by atoms with Crippen molar-refractivity contribution in [1.82, 2.24) is 0 Å². The summed E-state index contributed by atoms with van der Waals surface area (Å²) in [6, 6.07) is 0. The third kappa shape index (κ3) is 1.57. The van der Waals surface area contributed by atoms with Crippen LogP contribution in [0.25, 0.3) is 0 Å². The van der Waals surface area contributed by atoms with Gasteiger partial charge in [-0.3, -0.25) is 0 Å². The largest absolute Gasteiger partial charge is 0.514 e. The van der Waals surface area contributed by atoms with E-state index in [0.29, 0.717) is 24.2 Å². The van der Waals surface area contributed by atoms with Gasteiger partial charge in [0, 0.05) is 6.42 Å². The zero-order valence-corrected chi connectivity index (χ0v) is 10.7. The second kappa shape index (κ2) is 3.44. The Labute approximate surface area is 111 Å². The number of carbonyl (C=O) groups excluding carboxylic acids is 1. The van der Waals surface area contributed by atoms with Gasteiger partial charge in [-0.05, 0) is 38.0 Å². The van der Waals surface area contributed by atoms with Gasteiger partial charge in [-0.2, -0.15) is 0 Å². The highest BCUT2D eigenvalue weighted by Crippen LogP contribution is 2.55. The van der Waals surface area contributed by atoms with E-state index in [9.17, 15) is 4.79 Å². The van der Waals surface area contributed by atoms with Crippen LogP contribution in [0.2, 0.25) is 0 Å². The average molecular weight is 266 g/mol. The van der Waals surface area contributed by atoms with Gasteiger partial charge in [-0.1, -0.05) is 0 Å². The molecule has 1 spiro atoms. The van der Waals surface area contributed by atoms with Crippen molar-refractivity contribution in [3.8, 4) is 0 Å². The van der Waals surface area contributed by atoms with E-state index in [1.165, 1.54) is 12.8 Å². The zero-order chi connectivity index (χ0) is 12.6. The molecule has 2 saturated carbocycles. The molecule has 0 aromatic heterocycles. The van der Waals surface area contributed by atoms with E-state index in [0.717, 1.165) is 25.7 Å². The maximum Gasteiger partial charge on any atom is 0.514 e. The van der Waals surface area contributed by atoms with Gasteiger partial charge in [-0.25, -0.2) is 4.79 Å². The first-order valence-corrected chi connectivity index (χ1v) is 7.46. The summed E-state index contributed by atoms with van der Waals surface area (Å²) in [6.07, 6.45) is 7.50. The highest BCUT2D eigenvalue weighted by atomic mass is 16.9. The Morgan fingerprint density at radius 3 is 2.74 bits per heavy atom. The van der Waals surface area contributed by atoms with E-state index >= 15 is 0 Å². The topological polar surface area (TPSA) is 60.6 Å². The second-order valence-corrected chi connectivity index (χ2v) is 6.68. The molecular formula is C14H18O5. The van der Waals surface area contributed by atoms with Crippen molar-refractivity contribution in [3.05, 3.63) is 0 Å². The Morgan fingerprint density at radius 2 is 1.95 bits per heavy atom. The molecule has 5 fully saturated rings. The Kier molecular flexibility index (Phi) is 1.98. The highest BCUT2D eigenvalue weighted by molar-refractivity contribution is 5.66. The van der Waals surface area contributed by atoms with Crippen LogP contribution in [-0.2, 0) is 18.9 Å². The number of fused-ring (bicyclic) bond motifs is 2. The van der Waals surface area contributed by atoms with E-state index < -0.39 is 11.9 Å².